The van der Waals surface area contributed by atoms with Crippen LogP contribution in [-0.4, -0.2) is 37.2 Å². The molecule has 1 unspecified atom stereocenters. The third kappa shape index (κ3) is 59.0. The molecule has 0 heterocycles. The fraction of sp³-hybridized carbons (Fsp3) is 0.691. The number of rotatable bonds is 55. The molecule has 0 aliphatic rings. The van der Waals surface area contributed by atoms with Crippen LogP contribution in [0.15, 0.2) is 109 Å². The van der Waals surface area contributed by atoms with Crippen molar-refractivity contribution < 1.29 is 28.6 Å². The highest BCUT2D eigenvalue weighted by atomic mass is 16.6. The quantitative estimate of drug-likeness (QED) is 0.0261. The molecule has 0 saturated heterocycles. The van der Waals surface area contributed by atoms with Crippen molar-refractivity contribution in [2.45, 2.75) is 290 Å². The number of carbonyl (C=O) groups is 3. The molecular formula is C68H114O6. The molecule has 0 spiro atoms. The van der Waals surface area contributed by atoms with Gasteiger partial charge in [0.25, 0.3) is 0 Å². The molecular weight excluding hydrogens is 913 g/mol. The van der Waals surface area contributed by atoms with Crippen LogP contribution < -0.4 is 0 Å². The van der Waals surface area contributed by atoms with Crippen molar-refractivity contribution in [2.24, 2.45) is 0 Å². The van der Waals surface area contributed by atoms with E-state index in [2.05, 4.69) is 124 Å². The van der Waals surface area contributed by atoms with E-state index in [4.69, 9.17) is 14.2 Å². The Hall–Kier alpha value is -3.93. The molecule has 0 amide bonds. The molecule has 0 aliphatic carbocycles. The fourth-order valence-electron chi connectivity index (χ4n) is 8.48. The minimum absolute atomic E-state index is 0.102. The first-order chi connectivity index (χ1) is 36.5. The van der Waals surface area contributed by atoms with Gasteiger partial charge in [-0.2, -0.15) is 0 Å². The van der Waals surface area contributed by atoms with Crippen LogP contribution >= 0.6 is 0 Å². The fourth-order valence-corrected chi connectivity index (χ4v) is 8.48. The van der Waals surface area contributed by atoms with Gasteiger partial charge in [-0.15, -0.1) is 0 Å². The molecule has 0 fully saturated rings. The Balaban J connectivity index is 4.37. The van der Waals surface area contributed by atoms with Gasteiger partial charge >= 0.3 is 17.9 Å². The first-order valence-electron chi connectivity index (χ1n) is 30.9. The molecule has 0 bridgehead atoms. The van der Waals surface area contributed by atoms with Gasteiger partial charge in [0, 0.05) is 19.3 Å². The normalized spacial score (nSPS) is 12.9. The van der Waals surface area contributed by atoms with Crippen molar-refractivity contribution in [3.8, 4) is 0 Å². The van der Waals surface area contributed by atoms with Crippen LogP contribution in [0.5, 0.6) is 0 Å². The molecule has 74 heavy (non-hydrogen) atoms. The van der Waals surface area contributed by atoms with Crippen LogP contribution in [0.1, 0.15) is 284 Å². The summed E-state index contributed by atoms with van der Waals surface area (Å²) in [6.45, 7) is 6.36. The summed E-state index contributed by atoms with van der Waals surface area (Å²) >= 11 is 0. The van der Waals surface area contributed by atoms with Crippen LogP contribution in [0.25, 0.3) is 0 Å². The van der Waals surface area contributed by atoms with Gasteiger partial charge in [-0.25, -0.2) is 0 Å². The van der Waals surface area contributed by atoms with E-state index >= 15 is 0 Å². The molecule has 1 atom stereocenters. The van der Waals surface area contributed by atoms with Gasteiger partial charge in [0.2, 0.25) is 0 Å². The number of unbranched alkanes of at least 4 members (excludes halogenated alkanes) is 26. The maximum Gasteiger partial charge on any atom is 0.306 e. The van der Waals surface area contributed by atoms with Gasteiger partial charge in [0.15, 0.2) is 6.10 Å². The third-order valence-corrected chi connectivity index (χ3v) is 13.0. The summed E-state index contributed by atoms with van der Waals surface area (Å²) in [7, 11) is 0. The Bertz CT molecular complexity index is 1510. The van der Waals surface area contributed by atoms with Gasteiger partial charge in [-0.3, -0.25) is 14.4 Å². The molecule has 0 aliphatic heterocycles. The molecule has 0 N–H and O–H groups in total. The average Bonchev–Trinajstić information content (AvgIpc) is 3.40. The van der Waals surface area contributed by atoms with Crippen molar-refractivity contribution in [3.63, 3.8) is 0 Å². The van der Waals surface area contributed by atoms with Gasteiger partial charge in [-0.1, -0.05) is 284 Å². The highest BCUT2D eigenvalue weighted by Gasteiger charge is 2.19. The summed E-state index contributed by atoms with van der Waals surface area (Å²) in [6, 6.07) is 0. The second kappa shape index (κ2) is 61.6. The smallest absolute Gasteiger partial charge is 0.306 e. The second-order valence-corrected chi connectivity index (χ2v) is 20.2. The van der Waals surface area contributed by atoms with Gasteiger partial charge in [0.1, 0.15) is 13.2 Å². The summed E-state index contributed by atoms with van der Waals surface area (Å²) in [5.41, 5.74) is 0. The molecule has 6 nitrogen and oxygen atoms in total. The highest BCUT2D eigenvalue weighted by molar-refractivity contribution is 5.71. The lowest BCUT2D eigenvalue weighted by atomic mass is 10.0. The van der Waals surface area contributed by atoms with E-state index in [-0.39, 0.29) is 37.5 Å². The van der Waals surface area contributed by atoms with Crippen LogP contribution in [0, 0.1) is 0 Å². The standard InChI is InChI=1S/C68H114O6/c1-4-7-10-13-16-19-22-25-27-29-31-32-33-34-35-36-37-39-40-43-46-49-52-55-58-61-67(70)73-64-65(63-72-66(69)60-57-54-51-48-45-42-24-21-18-15-12-9-6-3)74-68(71)62-59-56-53-50-47-44-41-38-30-28-26-23-20-17-14-11-8-5-2/h7,9-10,12,16,18-19,21,25,27,31-32,34-35,42,45,51,54,65H,4-6,8,11,13-15,17,20,22-24,26,28-30,33,36-41,43-44,46-50,52-53,55-64H2,1-3H3/b10-7-,12-9-,19-16-,21-18-,27-25-,32-31-,35-34-,45-42-,54-51-. The van der Waals surface area contributed by atoms with Crippen molar-refractivity contribution in [3.05, 3.63) is 109 Å². The first-order valence-corrected chi connectivity index (χ1v) is 30.9. The Labute approximate surface area is 457 Å². The third-order valence-electron chi connectivity index (χ3n) is 13.0. The summed E-state index contributed by atoms with van der Waals surface area (Å²) in [4.78, 5) is 38.2. The van der Waals surface area contributed by atoms with E-state index in [1.54, 1.807) is 0 Å². The maximum atomic E-state index is 12.9. The lowest BCUT2D eigenvalue weighted by molar-refractivity contribution is -0.166. The monoisotopic (exact) mass is 1030 g/mol. The van der Waals surface area contributed by atoms with E-state index in [0.29, 0.717) is 19.3 Å². The number of ether oxygens (including phenoxy) is 3. The second-order valence-electron chi connectivity index (χ2n) is 20.2. The lowest BCUT2D eigenvalue weighted by Crippen LogP contribution is -2.30. The van der Waals surface area contributed by atoms with E-state index in [9.17, 15) is 14.4 Å². The van der Waals surface area contributed by atoms with E-state index in [1.807, 2.05) is 6.08 Å². The number of hydrogen-bond donors (Lipinski definition) is 0. The number of carbonyl (C=O) groups excluding carboxylic acids is 3. The maximum absolute atomic E-state index is 12.9. The Kier molecular flexibility index (Phi) is 58.3. The van der Waals surface area contributed by atoms with Crippen molar-refractivity contribution in [1.82, 2.24) is 0 Å². The van der Waals surface area contributed by atoms with Gasteiger partial charge < -0.3 is 14.2 Å². The first kappa shape index (κ1) is 70.1. The Morgan fingerprint density at radius 1 is 0.284 bits per heavy atom. The highest BCUT2D eigenvalue weighted by Crippen LogP contribution is 2.16. The Morgan fingerprint density at radius 3 is 0.905 bits per heavy atom. The minimum Gasteiger partial charge on any atom is -0.462 e. The van der Waals surface area contributed by atoms with Crippen LogP contribution in [0.3, 0.4) is 0 Å². The molecule has 422 valence electrons. The Morgan fingerprint density at radius 2 is 0.554 bits per heavy atom. The summed E-state index contributed by atoms with van der Waals surface area (Å²) in [5, 5.41) is 0. The zero-order valence-electron chi connectivity index (χ0n) is 48.3. The predicted molar refractivity (Wildman–Crippen MR) is 320 cm³/mol. The molecule has 0 aromatic heterocycles. The predicted octanol–water partition coefficient (Wildman–Crippen LogP) is 21.0. The van der Waals surface area contributed by atoms with Crippen LogP contribution in [-0.2, 0) is 28.6 Å². The van der Waals surface area contributed by atoms with Crippen molar-refractivity contribution in [2.75, 3.05) is 13.2 Å². The molecule has 0 aromatic carbocycles. The van der Waals surface area contributed by atoms with Gasteiger partial charge in [-0.05, 0) is 89.9 Å². The van der Waals surface area contributed by atoms with E-state index < -0.39 is 6.10 Å². The zero-order valence-corrected chi connectivity index (χ0v) is 48.3. The number of esters is 3. The van der Waals surface area contributed by atoms with Crippen molar-refractivity contribution >= 4 is 17.9 Å². The van der Waals surface area contributed by atoms with Crippen molar-refractivity contribution in [1.29, 1.82) is 0 Å². The summed E-state index contributed by atoms with van der Waals surface area (Å²) < 4.78 is 16.8. The van der Waals surface area contributed by atoms with E-state index in [1.165, 1.54) is 135 Å². The van der Waals surface area contributed by atoms with Gasteiger partial charge in [0.05, 0.1) is 0 Å². The minimum atomic E-state index is -0.810. The average molecular weight is 1030 g/mol. The molecule has 0 rings (SSSR count). The lowest BCUT2D eigenvalue weighted by Gasteiger charge is -2.18. The largest absolute Gasteiger partial charge is 0.462 e. The summed E-state index contributed by atoms with van der Waals surface area (Å²) in [6.07, 6.45) is 83.9. The topological polar surface area (TPSA) is 78.9 Å². The molecule has 0 radical (unpaired) electrons. The molecule has 0 aromatic rings. The number of allylic oxidation sites excluding steroid dienone is 18. The number of hydrogen-bond acceptors (Lipinski definition) is 6. The van der Waals surface area contributed by atoms with Crippen LogP contribution in [0.2, 0.25) is 0 Å². The zero-order chi connectivity index (χ0) is 53.6. The summed E-state index contributed by atoms with van der Waals surface area (Å²) in [5.74, 6) is -0.985. The SMILES string of the molecule is CC/C=C\C/C=C\C/C=C\C/C=C\C/C=C\CCCCCCCCCCCC(=O)OCC(COC(=O)CC/C=C\C/C=C\C/C=C\C/C=C\CC)OC(=O)CCCCCCCCCCCCCCCCCCCC. The molecule has 0 saturated carbocycles. The van der Waals surface area contributed by atoms with Crippen LogP contribution in [0.4, 0.5) is 0 Å². The molecule has 6 heteroatoms. The van der Waals surface area contributed by atoms with E-state index in [0.717, 1.165) is 103 Å².